The minimum Gasteiger partial charge on any atom is -0.331 e. The van der Waals surface area contributed by atoms with E-state index in [2.05, 4.69) is 137 Å². The van der Waals surface area contributed by atoms with Crippen LogP contribution in [0.5, 0.6) is 0 Å². The summed E-state index contributed by atoms with van der Waals surface area (Å²) in [6.07, 6.45) is 10.1. The molecule has 9 aromatic rings. The van der Waals surface area contributed by atoms with Gasteiger partial charge in [-0.2, -0.15) is 0 Å². The minimum absolute atomic E-state index is 0.243. The van der Waals surface area contributed by atoms with Gasteiger partial charge in [0.25, 0.3) is 0 Å². The molecule has 0 amide bonds. The summed E-state index contributed by atoms with van der Waals surface area (Å²) in [6.45, 7) is 0. The van der Waals surface area contributed by atoms with Crippen LogP contribution in [0.1, 0.15) is 12.5 Å². The van der Waals surface area contributed by atoms with Crippen molar-refractivity contribution >= 4 is 95.9 Å². The lowest BCUT2D eigenvalue weighted by atomic mass is 10.1. The van der Waals surface area contributed by atoms with Gasteiger partial charge in [0.05, 0.1) is 28.1 Å². The van der Waals surface area contributed by atoms with E-state index >= 15 is 0 Å². The van der Waals surface area contributed by atoms with Gasteiger partial charge >= 0.3 is 0 Å². The summed E-state index contributed by atoms with van der Waals surface area (Å²) in [7, 11) is 0. The molecule has 198 valence electrons. The molecule has 0 bridgehead atoms. The summed E-state index contributed by atoms with van der Waals surface area (Å²) >= 11 is 3.80. The van der Waals surface area contributed by atoms with Gasteiger partial charge in [-0.3, -0.25) is 0 Å². The normalized spacial score (nSPS) is 15.6. The third-order valence-corrected chi connectivity index (χ3v) is 11.3. The summed E-state index contributed by atoms with van der Waals surface area (Å²) < 4.78 is 10.6. The first-order valence-electron chi connectivity index (χ1n) is 14.5. The van der Waals surface area contributed by atoms with E-state index < -0.39 is 0 Å². The van der Waals surface area contributed by atoms with Crippen molar-refractivity contribution in [1.82, 2.24) is 9.13 Å². The molecule has 10 rings (SSSR count). The predicted octanol–water partition coefficient (Wildman–Crippen LogP) is 11.5. The summed E-state index contributed by atoms with van der Waals surface area (Å²) in [5, 5.41) is 8.15. The fraction of sp³-hybridized carbons (Fsp3) is 0.0526. The number of hydrogen-bond donors (Lipinski definition) is 0. The zero-order valence-electron chi connectivity index (χ0n) is 22.6. The van der Waals surface area contributed by atoms with Gasteiger partial charge in [0.1, 0.15) is 0 Å². The Labute approximate surface area is 249 Å². The lowest BCUT2D eigenvalue weighted by molar-refractivity contribution is 0.649. The second-order valence-electron chi connectivity index (χ2n) is 11.2. The van der Waals surface area contributed by atoms with Gasteiger partial charge in [-0.05, 0) is 55.0 Å². The van der Waals surface area contributed by atoms with Gasteiger partial charge in [0.15, 0.2) is 0 Å². The Hall–Kier alpha value is -4.64. The van der Waals surface area contributed by atoms with E-state index in [1.165, 1.54) is 78.9 Å². The number of aromatic nitrogens is 2. The molecule has 0 N–H and O–H groups in total. The van der Waals surface area contributed by atoms with E-state index in [0.717, 1.165) is 6.42 Å². The van der Waals surface area contributed by atoms with E-state index in [-0.39, 0.29) is 6.04 Å². The molecule has 0 aliphatic heterocycles. The van der Waals surface area contributed by atoms with Crippen molar-refractivity contribution in [2.45, 2.75) is 12.5 Å². The molecule has 0 fully saturated rings. The van der Waals surface area contributed by atoms with Crippen LogP contribution >= 0.6 is 22.7 Å². The van der Waals surface area contributed by atoms with Gasteiger partial charge in [-0.15, -0.1) is 22.7 Å². The molecule has 4 aromatic heterocycles. The van der Waals surface area contributed by atoms with Gasteiger partial charge < -0.3 is 9.13 Å². The number of thiophene rings is 2. The van der Waals surface area contributed by atoms with E-state index in [9.17, 15) is 0 Å². The third-order valence-electron chi connectivity index (χ3n) is 9.01. The first kappa shape index (κ1) is 23.0. The van der Waals surface area contributed by atoms with Crippen molar-refractivity contribution < 1.29 is 0 Å². The molecule has 0 saturated heterocycles. The van der Waals surface area contributed by atoms with Gasteiger partial charge in [-0.25, -0.2) is 0 Å². The summed E-state index contributed by atoms with van der Waals surface area (Å²) in [4.78, 5) is 0. The van der Waals surface area contributed by atoms with E-state index in [1.54, 1.807) is 0 Å². The van der Waals surface area contributed by atoms with Crippen LogP contribution in [0.25, 0.3) is 78.9 Å². The second kappa shape index (κ2) is 8.45. The standard InChI is InChI=1S/C38H24N2S2/c1-3-11-23(12-4-1)39-27-19-21-31-33(25-15-7-9-17-29(25)41-31)35(27)38-37(39)36-28(40(38)24-13-5-2-6-14-24)20-22-32-34(36)26-16-8-10-18-30(26)42-32/h1-13,15-22,24H,14H2. The van der Waals surface area contributed by atoms with Crippen molar-refractivity contribution in [1.29, 1.82) is 0 Å². The molecule has 1 unspecified atom stereocenters. The van der Waals surface area contributed by atoms with Crippen LogP contribution in [0.15, 0.2) is 127 Å². The second-order valence-corrected chi connectivity index (χ2v) is 13.4. The molecule has 42 heavy (non-hydrogen) atoms. The van der Waals surface area contributed by atoms with Crippen molar-refractivity contribution in [2.24, 2.45) is 0 Å². The first-order valence-corrected chi connectivity index (χ1v) is 16.1. The van der Waals surface area contributed by atoms with Crippen molar-refractivity contribution in [2.75, 3.05) is 0 Å². The molecular formula is C38H24N2S2. The predicted molar refractivity (Wildman–Crippen MR) is 184 cm³/mol. The van der Waals surface area contributed by atoms with Gasteiger partial charge in [-0.1, -0.05) is 78.9 Å². The van der Waals surface area contributed by atoms with Gasteiger partial charge in [0, 0.05) is 56.8 Å². The average Bonchev–Trinajstić information content (AvgIpc) is 3.78. The van der Waals surface area contributed by atoms with Crippen molar-refractivity contribution in [3.63, 3.8) is 0 Å². The SMILES string of the molecule is C1=CCC(n2c3ccc4sc5ccccc5c4c3c3c2c2c4c(ccc2n3-c2ccccc2)sc2ccccc24)C=C1. The zero-order chi connectivity index (χ0) is 27.4. The molecule has 4 heteroatoms. The summed E-state index contributed by atoms with van der Waals surface area (Å²) in [6, 6.07) is 38.5. The number of allylic oxidation sites excluding steroid dienone is 4. The van der Waals surface area contributed by atoms with Crippen LogP contribution < -0.4 is 0 Å². The molecule has 1 atom stereocenters. The molecule has 0 saturated carbocycles. The number of fused-ring (bicyclic) bond motifs is 13. The Morgan fingerprint density at radius 3 is 1.81 bits per heavy atom. The zero-order valence-corrected chi connectivity index (χ0v) is 24.3. The Morgan fingerprint density at radius 1 is 0.524 bits per heavy atom. The van der Waals surface area contributed by atoms with Gasteiger partial charge in [0.2, 0.25) is 0 Å². The van der Waals surface area contributed by atoms with E-state index in [4.69, 9.17) is 0 Å². The maximum Gasteiger partial charge on any atom is 0.0807 e. The minimum atomic E-state index is 0.243. The number of rotatable bonds is 2. The lowest BCUT2D eigenvalue weighted by Gasteiger charge is -2.18. The van der Waals surface area contributed by atoms with Crippen LogP contribution in [-0.4, -0.2) is 9.13 Å². The fourth-order valence-corrected chi connectivity index (χ4v) is 9.58. The van der Waals surface area contributed by atoms with Crippen molar-refractivity contribution in [3.8, 4) is 5.69 Å². The number of benzene rings is 5. The average molecular weight is 573 g/mol. The molecule has 0 spiro atoms. The molecule has 1 aliphatic rings. The first-order chi connectivity index (χ1) is 20.9. The molecular weight excluding hydrogens is 549 g/mol. The monoisotopic (exact) mass is 572 g/mol. The molecule has 4 heterocycles. The Balaban J connectivity index is 1.56. The highest BCUT2D eigenvalue weighted by atomic mass is 32.1. The Kier molecular flexibility index (Phi) is 4.62. The van der Waals surface area contributed by atoms with Crippen LogP contribution in [-0.2, 0) is 0 Å². The van der Waals surface area contributed by atoms with E-state index in [1.807, 2.05) is 22.7 Å². The molecule has 5 aromatic carbocycles. The molecule has 1 aliphatic carbocycles. The van der Waals surface area contributed by atoms with Crippen LogP contribution in [0.4, 0.5) is 0 Å². The highest BCUT2D eigenvalue weighted by Crippen LogP contribution is 2.50. The number of hydrogen-bond acceptors (Lipinski definition) is 2. The third kappa shape index (κ3) is 2.93. The highest BCUT2D eigenvalue weighted by Gasteiger charge is 2.28. The van der Waals surface area contributed by atoms with Crippen LogP contribution in [0.2, 0.25) is 0 Å². The molecule has 0 radical (unpaired) electrons. The highest BCUT2D eigenvalue weighted by molar-refractivity contribution is 7.26. The number of nitrogens with zero attached hydrogens (tertiary/aromatic N) is 2. The van der Waals surface area contributed by atoms with Crippen molar-refractivity contribution in [3.05, 3.63) is 127 Å². The summed E-state index contributed by atoms with van der Waals surface area (Å²) in [5.41, 5.74) is 6.43. The van der Waals surface area contributed by atoms with Crippen LogP contribution in [0, 0.1) is 0 Å². The number of para-hydroxylation sites is 1. The fourth-order valence-electron chi connectivity index (χ4n) is 7.36. The largest absolute Gasteiger partial charge is 0.331 e. The smallest absolute Gasteiger partial charge is 0.0807 e. The maximum atomic E-state index is 2.66. The quantitative estimate of drug-likeness (QED) is 0.195. The van der Waals surface area contributed by atoms with Crippen LogP contribution in [0.3, 0.4) is 0 Å². The topological polar surface area (TPSA) is 9.86 Å². The Morgan fingerprint density at radius 2 is 1.14 bits per heavy atom. The summed E-state index contributed by atoms with van der Waals surface area (Å²) in [5.74, 6) is 0. The maximum absolute atomic E-state index is 2.66. The van der Waals surface area contributed by atoms with E-state index in [0.29, 0.717) is 0 Å². The Bertz CT molecular complexity index is 2530. The lowest BCUT2D eigenvalue weighted by Crippen LogP contribution is -2.06. The molecule has 2 nitrogen and oxygen atoms in total.